The van der Waals surface area contributed by atoms with Crippen molar-refractivity contribution in [3.63, 3.8) is 0 Å². The van der Waals surface area contributed by atoms with Crippen LogP contribution in [0.5, 0.6) is 0 Å². The molecule has 1 aromatic carbocycles. The lowest BCUT2D eigenvalue weighted by Gasteiger charge is -2.14. The van der Waals surface area contributed by atoms with Gasteiger partial charge in [0.25, 0.3) is 0 Å². The summed E-state index contributed by atoms with van der Waals surface area (Å²) < 4.78 is 13.7. The maximum absolute atomic E-state index is 13.7. The molecule has 0 bridgehead atoms. The lowest BCUT2D eigenvalue weighted by atomic mass is 10.1. The second kappa shape index (κ2) is 7.89. The highest BCUT2D eigenvalue weighted by Crippen LogP contribution is 2.16. The zero-order valence-electron chi connectivity index (χ0n) is 11.6. The average Bonchev–Trinajstić information content (AvgIpc) is 2.88. The first kappa shape index (κ1) is 14.7. The van der Waals surface area contributed by atoms with E-state index in [2.05, 4.69) is 16.7 Å². The zero-order valence-corrected chi connectivity index (χ0v) is 11.6. The molecule has 1 saturated heterocycles. The smallest absolute Gasteiger partial charge is 0.128 e. The minimum Gasteiger partial charge on any atom is -0.299 e. The molecule has 1 aliphatic heterocycles. The molecule has 98 valence electrons. The molecule has 0 saturated carbocycles. The van der Waals surface area contributed by atoms with E-state index in [-0.39, 0.29) is 5.82 Å². The Morgan fingerprint density at radius 1 is 1.22 bits per heavy atom. The van der Waals surface area contributed by atoms with Gasteiger partial charge in [-0.25, -0.2) is 4.39 Å². The molecule has 2 heteroatoms. The quantitative estimate of drug-likeness (QED) is 0.718. The average molecular weight is 247 g/mol. The standard InChI is InChI=1S/C14H16FN.C2H6/c1-2-5-12-6-7-13(14(15)10-12)11-16-8-3-4-9-16;1-2/h6-7,10H,3-4,8-9,11H2,1H3;1-2H3. The number of benzene rings is 1. The number of nitrogens with zero attached hydrogens (tertiary/aromatic N) is 1. The molecule has 0 unspecified atom stereocenters. The molecule has 0 spiro atoms. The molecule has 0 aromatic heterocycles. The Bertz CT molecular complexity index is 422. The van der Waals surface area contributed by atoms with Gasteiger partial charge in [0.2, 0.25) is 0 Å². The minimum atomic E-state index is -0.132. The molecule has 2 rings (SSSR count). The van der Waals surface area contributed by atoms with Crippen molar-refractivity contribution in [3.8, 4) is 11.8 Å². The number of hydrogen-bond donors (Lipinski definition) is 0. The van der Waals surface area contributed by atoms with Crippen LogP contribution in [-0.2, 0) is 6.54 Å². The van der Waals surface area contributed by atoms with E-state index in [1.54, 1.807) is 6.92 Å². The lowest BCUT2D eigenvalue weighted by molar-refractivity contribution is 0.325. The van der Waals surface area contributed by atoms with Crippen LogP contribution in [0.25, 0.3) is 0 Å². The number of rotatable bonds is 2. The van der Waals surface area contributed by atoms with Gasteiger partial charge < -0.3 is 0 Å². The van der Waals surface area contributed by atoms with Gasteiger partial charge in [-0.3, -0.25) is 4.90 Å². The van der Waals surface area contributed by atoms with Gasteiger partial charge in [-0.15, -0.1) is 5.92 Å². The molecule has 0 atom stereocenters. The summed E-state index contributed by atoms with van der Waals surface area (Å²) in [5.41, 5.74) is 1.54. The van der Waals surface area contributed by atoms with Crippen LogP contribution < -0.4 is 0 Å². The molecule has 1 heterocycles. The van der Waals surface area contributed by atoms with E-state index >= 15 is 0 Å². The molecule has 0 amide bonds. The third kappa shape index (κ3) is 4.16. The summed E-state index contributed by atoms with van der Waals surface area (Å²) in [4.78, 5) is 2.30. The normalized spacial score (nSPS) is 14.4. The molecular weight excluding hydrogens is 225 g/mol. The van der Waals surface area contributed by atoms with Gasteiger partial charge in [-0.05, 0) is 45.0 Å². The Morgan fingerprint density at radius 2 is 1.89 bits per heavy atom. The fourth-order valence-corrected chi connectivity index (χ4v) is 2.08. The third-order valence-corrected chi connectivity index (χ3v) is 2.92. The topological polar surface area (TPSA) is 3.24 Å². The molecule has 18 heavy (non-hydrogen) atoms. The highest BCUT2D eigenvalue weighted by atomic mass is 19.1. The Labute approximate surface area is 110 Å². The minimum absolute atomic E-state index is 0.132. The van der Waals surface area contributed by atoms with Gasteiger partial charge in [0.05, 0.1) is 0 Å². The molecule has 0 N–H and O–H groups in total. The summed E-state index contributed by atoms with van der Waals surface area (Å²) in [6.45, 7) is 8.67. The summed E-state index contributed by atoms with van der Waals surface area (Å²) >= 11 is 0. The van der Waals surface area contributed by atoms with Crippen LogP contribution in [-0.4, -0.2) is 18.0 Å². The molecule has 1 nitrogen and oxygen atoms in total. The monoisotopic (exact) mass is 247 g/mol. The maximum Gasteiger partial charge on any atom is 0.128 e. The first-order chi connectivity index (χ1) is 8.79. The molecule has 0 aliphatic carbocycles. The van der Waals surface area contributed by atoms with Crippen molar-refractivity contribution in [2.24, 2.45) is 0 Å². The highest BCUT2D eigenvalue weighted by molar-refractivity contribution is 5.36. The van der Waals surface area contributed by atoms with Crippen molar-refractivity contribution in [1.29, 1.82) is 0 Å². The Balaban J connectivity index is 0.000000771. The van der Waals surface area contributed by atoms with E-state index in [4.69, 9.17) is 0 Å². The number of halogens is 1. The van der Waals surface area contributed by atoms with Gasteiger partial charge in [0.15, 0.2) is 0 Å². The van der Waals surface area contributed by atoms with E-state index in [1.807, 2.05) is 26.0 Å². The number of likely N-dealkylation sites (tertiary alicyclic amines) is 1. The van der Waals surface area contributed by atoms with E-state index < -0.39 is 0 Å². The SMILES string of the molecule is CC.CC#Cc1ccc(CN2CCCC2)c(F)c1. The summed E-state index contributed by atoms with van der Waals surface area (Å²) in [6, 6.07) is 5.28. The number of hydrogen-bond acceptors (Lipinski definition) is 1. The maximum atomic E-state index is 13.7. The highest BCUT2D eigenvalue weighted by Gasteiger charge is 2.13. The van der Waals surface area contributed by atoms with Crippen molar-refractivity contribution >= 4 is 0 Å². The van der Waals surface area contributed by atoms with Crippen LogP contribution in [0.3, 0.4) is 0 Å². The summed E-state index contributed by atoms with van der Waals surface area (Å²) in [6.07, 6.45) is 2.47. The van der Waals surface area contributed by atoms with Crippen molar-refractivity contribution in [1.82, 2.24) is 4.90 Å². The predicted octanol–water partition coefficient (Wildman–Crippen LogP) is 3.82. The van der Waals surface area contributed by atoms with Crippen molar-refractivity contribution in [2.45, 2.75) is 40.2 Å². The van der Waals surface area contributed by atoms with Crippen LogP contribution in [0.2, 0.25) is 0 Å². The van der Waals surface area contributed by atoms with Gasteiger partial charge in [-0.2, -0.15) is 0 Å². The van der Waals surface area contributed by atoms with E-state index in [1.165, 1.54) is 18.9 Å². The first-order valence-electron chi connectivity index (χ1n) is 6.73. The fraction of sp³-hybridized carbons (Fsp3) is 0.500. The van der Waals surface area contributed by atoms with Crippen molar-refractivity contribution < 1.29 is 4.39 Å². The second-order valence-electron chi connectivity index (χ2n) is 4.16. The Hall–Kier alpha value is -1.33. The third-order valence-electron chi connectivity index (χ3n) is 2.92. The van der Waals surface area contributed by atoms with E-state index in [0.29, 0.717) is 0 Å². The van der Waals surface area contributed by atoms with Crippen LogP contribution in [0.1, 0.15) is 44.7 Å². The van der Waals surface area contributed by atoms with E-state index in [0.717, 1.165) is 30.8 Å². The molecule has 1 aromatic rings. The first-order valence-corrected chi connectivity index (χ1v) is 6.73. The molecule has 0 radical (unpaired) electrons. The second-order valence-corrected chi connectivity index (χ2v) is 4.16. The van der Waals surface area contributed by atoms with Crippen molar-refractivity contribution in [3.05, 3.63) is 35.1 Å². The summed E-state index contributed by atoms with van der Waals surface area (Å²) in [7, 11) is 0. The molecular formula is C16H22FN. The molecule has 1 fully saturated rings. The largest absolute Gasteiger partial charge is 0.299 e. The summed E-state index contributed by atoms with van der Waals surface area (Å²) in [5, 5.41) is 0. The van der Waals surface area contributed by atoms with E-state index in [9.17, 15) is 4.39 Å². The predicted molar refractivity (Wildman–Crippen MR) is 74.8 cm³/mol. The fourth-order valence-electron chi connectivity index (χ4n) is 2.08. The Kier molecular flexibility index (Phi) is 6.46. The van der Waals surface area contributed by atoms with Gasteiger partial charge in [0, 0.05) is 17.7 Å². The van der Waals surface area contributed by atoms with Crippen LogP contribution in [0.4, 0.5) is 4.39 Å². The van der Waals surface area contributed by atoms with Gasteiger partial charge in [0.1, 0.15) is 5.82 Å². The van der Waals surface area contributed by atoms with Crippen molar-refractivity contribution in [2.75, 3.05) is 13.1 Å². The Morgan fingerprint density at radius 3 is 2.44 bits per heavy atom. The van der Waals surface area contributed by atoms with Crippen LogP contribution in [0, 0.1) is 17.7 Å². The summed E-state index contributed by atoms with van der Waals surface area (Å²) in [5.74, 6) is 5.51. The van der Waals surface area contributed by atoms with Crippen LogP contribution >= 0.6 is 0 Å². The van der Waals surface area contributed by atoms with Crippen LogP contribution in [0.15, 0.2) is 18.2 Å². The van der Waals surface area contributed by atoms with Gasteiger partial charge >= 0.3 is 0 Å². The zero-order chi connectivity index (χ0) is 13.4. The lowest BCUT2D eigenvalue weighted by Crippen LogP contribution is -2.19. The van der Waals surface area contributed by atoms with Gasteiger partial charge in [-0.1, -0.05) is 25.8 Å². The molecule has 1 aliphatic rings.